The van der Waals surface area contributed by atoms with E-state index < -0.39 is 0 Å². The molecule has 6 nitrogen and oxygen atoms in total. The lowest BCUT2D eigenvalue weighted by atomic mass is 9.83. The zero-order valence-corrected chi connectivity index (χ0v) is 20.7. The average Bonchev–Trinajstić information content (AvgIpc) is 2.95. The highest BCUT2D eigenvalue weighted by molar-refractivity contribution is 6.29. The third kappa shape index (κ3) is 5.60. The van der Waals surface area contributed by atoms with Crippen LogP contribution < -0.4 is 10.6 Å². The van der Waals surface area contributed by atoms with Gasteiger partial charge >= 0.3 is 0 Å². The molecule has 188 valence electrons. The van der Waals surface area contributed by atoms with Crippen LogP contribution in [0.4, 0.5) is 11.4 Å². The van der Waals surface area contributed by atoms with E-state index in [1.165, 1.54) is 0 Å². The summed E-state index contributed by atoms with van der Waals surface area (Å²) in [5, 5.41) is 5.65. The molecule has 2 N–H and O–H groups in total. The van der Waals surface area contributed by atoms with Gasteiger partial charge in [0.1, 0.15) is 0 Å². The number of ketones is 2. The number of nitrogens with one attached hydrogen (secondary N) is 2. The lowest BCUT2D eigenvalue weighted by Crippen LogP contribution is -2.22. The molecular weight excluding hydrogens is 476 g/mol. The normalized spacial score (nSPS) is 11.9. The van der Waals surface area contributed by atoms with Crippen molar-refractivity contribution in [2.45, 2.75) is 25.7 Å². The maximum absolute atomic E-state index is 13.4. The summed E-state index contributed by atoms with van der Waals surface area (Å²) in [6, 6.07) is 28.9. The van der Waals surface area contributed by atoms with Crippen molar-refractivity contribution in [2.75, 3.05) is 10.6 Å². The third-order valence-electron chi connectivity index (χ3n) is 6.55. The van der Waals surface area contributed by atoms with Gasteiger partial charge in [0.05, 0.1) is 0 Å². The minimum absolute atomic E-state index is 0.177. The zero-order chi connectivity index (χ0) is 26.5. The van der Waals surface area contributed by atoms with Crippen molar-refractivity contribution in [3.63, 3.8) is 0 Å². The van der Waals surface area contributed by atoms with Crippen LogP contribution in [0.2, 0.25) is 0 Å². The van der Waals surface area contributed by atoms with Gasteiger partial charge in [-0.25, -0.2) is 0 Å². The third-order valence-corrected chi connectivity index (χ3v) is 6.55. The van der Waals surface area contributed by atoms with E-state index >= 15 is 0 Å². The van der Waals surface area contributed by atoms with Gasteiger partial charge in [-0.15, -0.1) is 0 Å². The fourth-order valence-electron chi connectivity index (χ4n) is 4.56. The van der Waals surface area contributed by atoms with E-state index in [0.29, 0.717) is 48.2 Å². The van der Waals surface area contributed by atoms with E-state index in [2.05, 4.69) is 10.6 Å². The standard InChI is InChI=1S/C32H26N2O4/c35-29(17-11-21-7-3-1-4-8-21)33-23-13-15-25-27(19-23)32(38)28-20-24(14-16-26(28)31(25)37)34-30(36)18-12-22-9-5-2-6-10-22/h1-10,13-16,19-20H,11-12,17-18H2,(H,33,35)(H,34,36). The molecule has 2 amide bonds. The molecule has 0 spiro atoms. The molecule has 0 saturated carbocycles. The molecule has 0 fully saturated rings. The first-order valence-electron chi connectivity index (χ1n) is 12.5. The second-order valence-electron chi connectivity index (χ2n) is 9.25. The van der Waals surface area contributed by atoms with Crippen molar-refractivity contribution in [3.05, 3.63) is 130 Å². The molecule has 38 heavy (non-hydrogen) atoms. The number of fused-ring (bicyclic) bond motifs is 2. The maximum atomic E-state index is 13.4. The van der Waals surface area contributed by atoms with E-state index in [1.807, 2.05) is 60.7 Å². The van der Waals surface area contributed by atoms with Crippen molar-refractivity contribution in [1.29, 1.82) is 0 Å². The predicted molar refractivity (Wildman–Crippen MR) is 147 cm³/mol. The molecule has 6 heteroatoms. The van der Waals surface area contributed by atoms with Gasteiger partial charge in [-0.1, -0.05) is 60.7 Å². The molecule has 1 aliphatic carbocycles. The molecular formula is C32H26N2O4. The summed E-state index contributed by atoms with van der Waals surface area (Å²) >= 11 is 0. The molecule has 0 aromatic heterocycles. The molecule has 0 saturated heterocycles. The van der Waals surface area contributed by atoms with Gasteiger partial charge in [0.25, 0.3) is 0 Å². The second kappa shape index (κ2) is 11.0. The van der Waals surface area contributed by atoms with Crippen molar-refractivity contribution >= 4 is 34.8 Å². The lowest BCUT2D eigenvalue weighted by Gasteiger charge is -2.19. The number of carbonyl (C=O) groups is 4. The highest BCUT2D eigenvalue weighted by Crippen LogP contribution is 2.31. The van der Waals surface area contributed by atoms with E-state index in [0.717, 1.165) is 11.1 Å². The fraction of sp³-hybridized carbons (Fsp3) is 0.125. The van der Waals surface area contributed by atoms with Gasteiger partial charge in [-0.05, 0) is 60.4 Å². The predicted octanol–water partition coefficient (Wildman–Crippen LogP) is 5.60. The molecule has 4 aromatic rings. The molecule has 0 radical (unpaired) electrons. The first-order chi connectivity index (χ1) is 18.5. The quantitative estimate of drug-likeness (QED) is 0.289. The largest absolute Gasteiger partial charge is 0.326 e. The molecule has 0 unspecified atom stereocenters. The maximum Gasteiger partial charge on any atom is 0.224 e. The molecule has 4 aromatic carbocycles. The molecule has 0 aliphatic heterocycles. The number of anilines is 2. The molecule has 5 rings (SSSR count). The first-order valence-corrected chi connectivity index (χ1v) is 12.5. The Bertz CT molecular complexity index is 1420. The summed E-state index contributed by atoms with van der Waals surface area (Å²) in [6.45, 7) is 0. The van der Waals surface area contributed by atoms with Crippen LogP contribution in [0.3, 0.4) is 0 Å². The number of hydrogen-bond acceptors (Lipinski definition) is 4. The average molecular weight is 503 g/mol. The second-order valence-corrected chi connectivity index (χ2v) is 9.25. The first kappa shape index (κ1) is 24.8. The van der Waals surface area contributed by atoms with Crippen LogP contribution in [0.15, 0.2) is 97.1 Å². The number of amides is 2. The van der Waals surface area contributed by atoms with Crippen molar-refractivity contribution < 1.29 is 19.2 Å². The Balaban J connectivity index is 1.27. The van der Waals surface area contributed by atoms with Gasteiger partial charge in [0.2, 0.25) is 11.8 Å². The van der Waals surface area contributed by atoms with Crippen LogP contribution >= 0.6 is 0 Å². The van der Waals surface area contributed by atoms with E-state index in [-0.39, 0.29) is 34.5 Å². The van der Waals surface area contributed by atoms with Gasteiger partial charge in [0.15, 0.2) is 11.6 Å². The Labute approximate surface area is 220 Å². The van der Waals surface area contributed by atoms with Gasteiger partial charge in [-0.2, -0.15) is 0 Å². The van der Waals surface area contributed by atoms with Crippen molar-refractivity contribution in [1.82, 2.24) is 0 Å². The lowest BCUT2D eigenvalue weighted by molar-refractivity contribution is -0.117. The summed E-state index contributed by atoms with van der Waals surface area (Å²) < 4.78 is 0. The van der Waals surface area contributed by atoms with E-state index in [1.54, 1.807) is 36.4 Å². The molecule has 0 atom stereocenters. The fourth-order valence-corrected chi connectivity index (χ4v) is 4.56. The van der Waals surface area contributed by atoms with Gasteiger partial charge in [-0.3, -0.25) is 19.2 Å². The molecule has 1 aliphatic rings. The van der Waals surface area contributed by atoms with Crippen LogP contribution in [0.25, 0.3) is 0 Å². The van der Waals surface area contributed by atoms with Crippen molar-refractivity contribution in [3.8, 4) is 0 Å². The van der Waals surface area contributed by atoms with Gasteiger partial charge < -0.3 is 10.6 Å². The minimum atomic E-state index is -0.324. The van der Waals surface area contributed by atoms with Crippen LogP contribution in [-0.4, -0.2) is 23.4 Å². The number of hydrogen-bond donors (Lipinski definition) is 2. The number of aryl methyl sites for hydroxylation is 2. The zero-order valence-electron chi connectivity index (χ0n) is 20.7. The highest BCUT2D eigenvalue weighted by Gasteiger charge is 2.30. The van der Waals surface area contributed by atoms with Gasteiger partial charge in [0, 0.05) is 46.5 Å². The van der Waals surface area contributed by atoms with Crippen molar-refractivity contribution in [2.24, 2.45) is 0 Å². The molecule has 0 bridgehead atoms. The van der Waals surface area contributed by atoms with Crippen LogP contribution in [-0.2, 0) is 22.4 Å². The topological polar surface area (TPSA) is 92.3 Å². The highest BCUT2D eigenvalue weighted by atomic mass is 16.2. The SMILES string of the molecule is O=C(CCc1ccccc1)Nc1ccc2c(c1)C(=O)c1cc(NC(=O)CCc3ccccc3)ccc1C2=O. The Morgan fingerprint density at radius 2 is 0.895 bits per heavy atom. The Morgan fingerprint density at radius 3 is 1.32 bits per heavy atom. The molecule has 0 heterocycles. The smallest absolute Gasteiger partial charge is 0.224 e. The van der Waals surface area contributed by atoms with Crippen LogP contribution in [0, 0.1) is 0 Å². The summed E-state index contributed by atoms with van der Waals surface area (Å²) in [6.07, 6.45) is 1.79. The number of benzene rings is 4. The Hall–Kier alpha value is -4.84. The monoisotopic (exact) mass is 502 g/mol. The van der Waals surface area contributed by atoms with Crippen LogP contribution in [0.1, 0.15) is 55.8 Å². The van der Waals surface area contributed by atoms with E-state index in [9.17, 15) is 19.2 Å². The number of rotatable bonds is 8. The number of carbonyl (C=O) groups excluding carboxylic acids is 4. The summed E-state index contributed by atoms with van der Waals surface area (Å²) in [7, 11) is 0. The van der Waals surface area contributed by atoms with Crippen LogP contribution in [0.5, 0.6) is 0 Å². The Kier molecular flexibility index (Phi) is 7.22. The minimum Gasteiger partial charge on any atom is -0.326 e. The van der Waals surface area contributed by atoms with E-state index in [4.69, 9.17) is 0 Å². The summed E-state index contributed by atoms with van der Waals surface area (Å²) in [5.41, 5.74) is 4.09. The summed E-state index contributed by atoms with van der Waals surface area (Å²) in [5.74, 6) is -0.942. The Morgan fingerprint density at radius 1 is 0.500 bits per heavy atom. The summed E-state index contributed by atoms with van der Waals surface area (Å²) in [4.78, 5) is 51.5.